The molecule has 11 nitrogen and oxygen atoms in total. The molecule has 5 rings (SSSR count). The number of ether oxygens (including phenoxy) is 2. The molecule has 1 aliphatic heterocycles. The Hall–Kier alpha value is -5.79. The summed E-state index contributed by atoms with van der Waals surface area (Å²) in [5, 5.41) is 0. The molecule has 0 saturated heterocycles. The summed E-state index contributed by atoms with van der Waals surface area (Å²) >= 11 is 0. The normalized spacial score (nSPS) is 13.8. The fourth-order valence-corrected chi connectivity index (χ4v) is 5.33. The van der Waals surface area contributed by atoms with Crippen LogP contribution in [0.4, 0.5) is 30.5 Å². The molecule has 0 aliphatic carbocycles. The molecule has 2 amide bonds. The van der Waals surface area contributed by atoms with E-state index in [-0.39, 0.29) is 23.8 Å². The molecule has 2 heterocycles. The van der Waals surface area contributed by atoms with Gasteiger partial charge < -0.3 is 20.1 Å². The van der Waals surface area contributed by atoms with E-state index in [1.165, 1.54) is 4.90 Å². The number of benzene rings is 3. The number of amides is 2. The fraction of sp³-hybridized carbons (Fsp3) is 0.235. The minimum atomic E-state index is -5.40. The van der Waals surface area contributed by atoms with E-state index in [2.05, 4.69) is 14.7 Å². The second-order valence-electron chi connectivity index (χ2n) is 10.9. The van der Waals surface area contributed by atoms with Crippen LogP contribution in [0.3, 0.4) is 0 Å². The van der Waals surface area contributed by atoms with Gasteiger partial charge in [-0.2, -0.15) is 18.2 Å². The molecule has 248 valence electrons. The Morgan fingerprint density at radius 2 is 1.65 bits per heavy atom. The minimum Gasteiger partial charge on any atom is -0.478 e. The molecule has 1 aliphatic rings. The number of fused-ring (bicyclic) bond motifs is 1. The van der Waals surface area contributed by atoms with Crippen molar-refractivity contribution in [2.75, 3.05) is 23.8 Å². The number of para-hydroxylation sites is 1. The number of halogens is 3. The molecule has 0 spiro atoms. The van der Waals surface area contributed by atoms with Gasteiger partial charge in [-0.05, 0) is 55.2 Å². The average molecular weight is 662 g/mol. The summed E-state index contributed by atoms with van der Waals surface area (Å²) in [5.74, 6) is -4.95. The number of hydrogen-bond acceptors (Lipinski definition) is 9. The highest BCUT2D eigenvalue weighted by molar-refractivity contribution is 6.13. The summed E-state index contributed by atoms with van der Waals surface area (Å²) < 4.78 is 48.4. The first-order chi connectivity index (χ1) is 22.9. The molecule has 0 bridgehead atoms. The summed E-state index contributed by atoms with van der Waals surface area (Å²) in [6, 6.07) is 22.1. The molecule has 2 N–H and O–H groups in total. The topological polar surface area (TPSA) is 145 Å². The van der Waals surface area contributed by atoms with Crippen molar-refractivity contribution >= 4 is 41.1 Å². The maximum absolute atomic E-state index is 14.4. The van der Waals surface area contributed by atoms with Crippen molar-refractivity contribution in [3.05, 3.63) is 107 Å². The lowest BCUT2D eigenvalue weighted by Crippen LogP contribution is -2.41. The van der Waals surface area contributed by atoms with Crippen LogP contribution in [0.2, 0.25) is 0 Å². The van der Waals surface area contributed by atoms with Crippen molar-refractivity contribution in [2.24, 2.45) is 0 Å². The Labute approximate surface area is 273 Å². The van der Waals surface area contributed by atoms with Gasteiger partial charge in [-0.15, -0.1) is 0 Å². The van der Waals surface area contributed by atoms with E-state index in [9.17, 15) is 32.3 Å². The Kier molecular flexibility index (Phi) is 10.0. The summed E-state index contributed by atoms with van der Waals surface area (Å²) in [5.41, 5.74) is 8.31. The van der Waals surface area contributed by atoms with Crippen LogP contribution < -0.4 is 15.4 Å². The summed E-state index contributed by atoms with van der Waals surface area (Å²) in [6.45, 7) is 1.50. The van der Waals surface area contributed by atoms with Gasteiger partial charge in [0, 0.05) is 17.4 Å². The number of nitrogens with two attached hydrogens (primary N) is 1. The quantitative estimate of drug-likeness (QED) is 0.137. The van der Waals surface area contributed by atoms with Crippen molar-refractivity contribution in [3.63, 3.8) is 0 Å². The van der Waals surface area contributed by atoms with Crippen molar-refractivity contribution in [1.29, 1.82) is 0 Å². The second kappa shape index (κ2) is 14.3. The largest absolute Gasteiger partial charge is 0.491 e. The number of nitrogens with zero attached hydrogens (tertiary/aromatic N) is 4. The predicted molar refractivity (Wildman–Crippen MR) is 167 cm³/mol. The van der Waals surface area contributed by atoms with E-state index in [1.54, 1.807) is 91.9 Å². The zero-order chi connectivity index (χ0) is 34.4. The SMILES string of the molecule is Cc1cc(OCCCc2ccc3c(c2)C(=O)N(C(CC(=O)OC(=O)C(F)(F)F)c2ccccc2)CC(=O)N3c2ccccc2)nc(N)n1. The van der Waals surface area contributed by atoms with Gasteiger partial charge in [0.05, 0.1) is 30.3 Å². The van der Waals surface area contributed by atoms with Gasteiger partial charge in [-0.1, -0.05) is 54.6 Å². The van der Waals surface area contributed by atoms with E-state index < -0.39 is 48.9 Å². The van der Waals surface area contributed by atoms with Crippen LogP contribution in [-0.4, -0.2) is 57.9 Å². The summed E-state index contributed by atoms with van der Waals surface area (Å²) in [6.07, 6.45) is -5.24. The summed E-state index contributed by atoms with van der Waals surface area (Å²) in [4.78, 5) is 62.9. The first-order valence-corrected chi connectivity index (χ1v) is 14.8. The first kappa shape index (κ1) is 33.6. The van der Waals surface area contributed by atoms with Crippen LogP contribution in [-0.2, 0) is 25.5 Å². The number of carbonyl (C=O) groups is 4. The van der Waals surface area contributed by atoms with Gasteiger partial charge >= 0.3 is 18.1 Å². The van der Waals surface area contributed by atoms with Crippen molar-refractivity contribution < 1.29 is 41.8 Å². The highest BCUT2D eigenvalue weighted by atomic mass is 19.4. The highest BCUT2D eigenvalue weighted by Gasteiger charge is 2.43. The van der Waals surface area contributed by atoms with Crippen LogP contribution in [0.1, 0.15) is 46.1 Å². The number of aryl methyl sites for hydroxylation is 2. The van der Waals surface area contributed by atoms with E-state index >= 15 is 0 Å². The lowest BCUT2D eigenvalue weighted by molar-refractivity contribution is -0.202. The molecule has 14 heteroatoms. The number of anilines is 3. The van der Waals surface area contributed by atoms with Gasteiger partial charge in [0.2, 0.25) is 11.8 Å². The van der Waals surface area contributed by atoms with E-state index in [0.717, 1.165) is 10.5 Å². The average Bonchev–Trinajstić information content (AvgIpc) is 3.15. The minimum absolute atomic E-state index is 0.0883. The Morgan fingerprint density at radius 3 is 2.31 bits per heavy atom. The number of nitrogen functional groups attached to an aromatic ring is 1. The number of rotatable bonds is 10. The third-order valence-electron chi connectivity index (χ3n) is 7.43. The number of esters is 2. The van der Waals surface area contributed by atoms with Crippen molar-refractivity contribution in [3.8, 4) is 5.88 Å². The van der Waals surface area contributed by atoms with Gasteiger partial charge in [0.1, 0.15) is 6.54 Å². The van der Waals surface area contributed by atoms with Gasteiger partial charge in [0.15, 0.2) is 0 Å². The molecular formula is C34H30F3N5O6. The first-order valence-electron chi connectivity index (χ1n) is 14.8. The van der Waals surface area contributed by atoms with E-state index in [1.807, 2.05) is 0 Å². The highest BCUT2D eigenvalue weighted by Crippen LogP contribution is 2.37. The number of aromatic nitrogens is 2. The molecule has 4 aromatic rings. The summed E-state index contributed by atoms with van der Waals surface area (Å²) in [7, 11) is 0. The number of alkyl halides is 3. The Morgan fingerprint density at radius 1 is 0.958 bits per heavy atom. The van der Waals surface area contributed by atoms with Crippen LogP contribution in [0.15, 0.2) is 84.9 Å². The molecule has 1 aromatic heterocycles. The monoisotopic (exact) mass is 661 g/mol. The smallest absolute Gasteiger partial charge is 0.478 e. The maximum Gasteiger partial charge on any atom is 0.491 e. The molecule has 0 fully saturated rings. The molecule has 1 unspecified atom stereocenters. The fourth-order valence-electron chi connectivity index (χ4n) is 5.33. The van der Waals surface area contributed by atoms with Crippen LogP contribution in [0.5, 0.6) is 5.88 Å². The lowest BCUT2D eigenvalue weighted by Gasteiger charge is -2.30. The molecule has 1 atom stereocenters. The van der Waals surface area contributed by atoms with Gasteiger partial charge in [-0.25, -0.2) is 9.78 Å². The predicted octanol–water partition coefficient (Wildman–Crippen LogP) is 5.26. The van der Waals surface area contributed by atoms with E-state index in [0.29, 0.717) is 35.7 Å². The van der Waals surface area contributed by atoms with Gasteiger partial charge in [-0.3, -0.25) is 19.3 Å². The molecule has 3 aromatic carbocycles. The number of carbonyl (C=O) groups excluding carboxylic acids is 4. The number of hydrogen-bond donors (Lipinski definition) is 1. The van der Waals surface area contributed by atoms with Crippen molar-refractivity contribution in [1.82, 2.24) is 14.9 Å². The third kappa shape index (κ3) is 7.94. The lowest BCUT2D eigenvalue weighted by atomic mass is 9.99. The maximum atomic E-state index is 14.4. The van der Waals surface area contributed by atoms with Gasteiger partial charge in [0.25, 0.3) is 11.8 Å². The molecular weight excluding hydrogens is 631 g/mol. The third-order valence-corrected chi connectivity index (χ3v) is 7.43. The second-order valence-corrected chi connectivity index (χ2v) is 10.9. The standard InChI is InChI=1S/C34H30F3N5O6/c1-21-17-28(40-33(38)39-21)47-16-8-9-22-14-15-26-25(18-22)31(45)41(20-29(43)42(26)24-12-6-3-7-13-24)27(23-10-4-2-5-11-23)19-30(44)48-32(46)34(35,36)37/h2-7,10-15,17-18,27H,8-9,16,19-20H2,1H3,(H2,38,39,40). The Balaban J connectivity index is 1.47. The molecule has 48 heavy (non-hydrogen) atoms. The zero-order valence-electron chi connectivity index (χ0n) is 25.6. The van der Waals surface area contributed by atoms with Crippen molar-refractivity contribution in [2.45, 2.75) is 38.4 Å². The molecule has 0 saturated carbocycles. The van der Waals surface area contributed by atoms with Crippen LogP contribution >= 0.6 is 0 Å². The Bertz CT molecular complexity index is 1800. The molecule has 0 radical (unpaired) electrons. The van der Waals surface area contributed by atoms with Crippen LogP contribution in [0.25, 0.3) is 0 Å². The zero-order valence-corrected chi connectivity index (χ0v) is 25.6. The van der Waals surface area contributed by atoms with E-state index in [4.69, 9.17) is 10.5 Å². The van der Waals surface area contributed by atoms with Crippen LogP contribution in [0, 0.1) is 6.92 Å².